The average Bonchev–Trinajstić information content (AvgIpc) is 3.45. The van der Waals surface area contributed by atoms with Crippen LogP contribution in [0, 0.1) is 5.92 Å². The topological polar surface area (TPSA) is 88.8 Å². The fraction of sp³-hybridized carbons (Fsp3) is 0.385. The van der Waals surface area contributed by atoms with Crippen LogP contribution in [0.1, 0.15) is 29.0 Å². The Morgan fingerprint density at radius 3 is 2.63 bits per heavy atom. The minimum Gasteiger partial charge on any atom is -0.497 e. The highest BCUT2D eigenvalue weighted by Crippen LogP contribution is 2.29. The number of carbonyl (C=O) groups is 2. The maximum Gasteiger partial charge on any atom is 0.289 e. The zero-order valence-electron chi connectivity index (χ0n) is 20.0. The standard InChI is InChI=1S/C26H30N4O4S/c1-29(25(32)23-8-4-15-34-23)22(17-19-6-3-7-21(16-19)33-2)20-9-13-30(14-10-20)24(31)18-35-26-27-11-5-12-28-26/h3-8,11-12,15-16,20,22H,9-10,13-14,17-18H2,1-2H3. The van der Waals surface area contributed by atoms with Gasteiger partial charge in [-0.15, -0.1) is 0 Å². The second kappa shape index (κ2) is 11.9. The van der Waals surface area contributed by atoms with Crippen LogP contribution in [-0.2, 0) is 11.2 Å². The first-order chi connectivity index (χ1) is 17.0. The summed E-state index contributed by atoms with van der Waals surface area (Å²) < 4.78 is 10.8. The first-order valence-electron chi connectivity index (χ1n) is 11.7. The third-order valence-electron chi connectivity index (χ3n) is 6.43. The lowest BCUT2D eigenvalue weighted by Gasteiger charge is -2.40. The average molecular weight is 495 g/mol. The molecule has 1 saturated heterocycles. The van der Waals surface area contributed by atoms with Gasteiger partial charge in [0, 0.05) is 38.6 Å². The number of rotatable bonds is 9. The number of likely N-dealkylation sites (N-methyl/N-ethyl adjacent to an activating group) is 1. The van der Waals surface area contributed by atoms with Gasteiger partial charge in [-0.3, -0.25) is 9.59 Å². The van der Waals surface area contributed by atoms with Gasteiger partial charge in [0.1, 0.15) is 5.75 Å². The first kappa shape index (κ1) is 24.8. The van der Waals surface area contributed by atoms with E-state index in [1.165, 1.54) is 18.0 Å². The van der Waals surface area contributed by atoms with Gasteiger partial charge in [-0.25, -0.2) is 9.97 Å². The van der Waals surface area contributed by atoms with Crippen LogP contribution in [0.2, 0.25) is 0 Å². The third-order valence-corrected chi connectivity index (χ3v) is 7.29. The summed E-state index contributed by atoms with van der Waals surface area (Å²) >= 11 is 1.35. The molecule has 1 atom stereocenters. The van der Waals surface area contributed by atoms with Gasteiger partial charge in [-0.1, -0.05) is 23.9 Å². The van der Waals surface area contributed by atoms with E-state index in [9.17, 15) is 9.59 Å². The molecule has 0 bridgehead atoms. The number of likely N-dealkylation sites (tertiary alicyclic amines) is 1. The first-order valence-corrected chi connectivity index (χ1v) is 12.6. The van der Waals surface area contributed by atoms with E-state index in [1.54, 1.807) is 42.6 Å². The number of ether oxygens (including phenoxy) is 1. The van der Waals surface area contributed by atoms with Crippen LogP contribution in [0.5, 0.6) is 5.75 Å². The second-order valence-corrected chi connectivity index (χ2v) is 9.50. The van der Waals surface area contributed by atoms with Crippen LogP contribution in [-0.4, -0.2) is 70.6 Å². The monoisotopic (exact) mass is 494 g/mol. The number of piperidine rings is 1. The Kier molecular flexibility index (Phi) is 8.41. The van der Waals surface area contributed by atoms with E-state index in [0.717, 1.165) is 24.2 Å². The fourth-order valence-corrected chi connectivity index (χ4v) is 5.20. The van der Waals surface area contributed by atoms with Gasteiger partial charge in [0.05, 0.1) is 19.1 Å². The Balaban J connectivity index is 1.42. The van der Waals surface area contributed by atoms with Crippen LogP contribution < -0.4 is 4.74 Å². The number of hydrogen-bond acceptors (Lipinski definition) is 7. The van der Waals surface area contributed by atoms with E-state index in [0.29, 0.717) is 36.2 Å². The zero-order valence-corrected chi connectivity index (χ0v) is 20.8. The van der Waals surface area contributed by atoms with E-state index in [-0.39, 0.29) is 23.8 Å². The van der Waals surface area contributed by atoms with Crippen LogP contribution in [0.3, 0.4) is 0 Å². The molecule has 1 aliphatic rings. The largest absolute Gasteiger partial charge is 0.497 e. The van der Waals surface area contributed by atoms with Crippen molar-refractivity contribution < 1.29 is 18.7 Å². The molecule has 4 rings (SSSR count). The molecule has 1 aromatic carbocycles. The molecule has 1 fully saturated rings. The summed E-state index contributed by atoms with van der Waals surface area (Å²) in [4.78, 5) is 37.9. The van der Waals surface area contributed by atoms with Gasteiger partial charge in [-0.05, 0) is 61.1 Å². The van der Waals surface area contributed by atoms with Crippen LogP contribution in [0.25, 0.3) is 0 Å². The van der Waals surface area contributed by atoms with Crippen molar-refractivity contribution in [1.29, 1.82) is 0 Å². The second-order valence-electron chi connectivity index (χ2n) is 8.55. The quantitative estimate of drug-likeness (QED) is 0.330. The van der Waals surface area contributed by atoms with Crippen LogP contribution in [0.4, 0.5) is 0 Å². The summed E-state index contributed by atoms with van der Waals surface area (Å²) in [5.74, 6) is 1.64. The van der Waals surface area contributed by atoms with E-state index < -0.39 is 0 Å². The zero-order chi connectivity index (χ0) is 24.6. The van der Waals surface area contributed by atoms with Crippen LogP contribution >= 0.6 is 11.8 Å². The highest BCUT2D eigenvalue weighted by Gasteiger charge is 2.33. The summed E-state index contributed by atoms with van der Waals surface area (Å²) in [7, 11) is 3.49. The molecule has 0 saturated carbocycles. The van der Waals surface area contributed by atoms with Crippen molar-refractivity contribution in [3.63, 3.8) is 0 Å². The molecule has 1 unspecified atom stereocenters. The van der Waals surface area contributed by atoms with Crippen molar-refractivity contribution in [3.8, 4) is 5.75 Å². The number of thioether (sulfide) groups is 1. The van der Waals surface area contributed by atoms with E-state index in [4.69, 9.17) is 9.15 Å². The summed E-state index contributed by atoms with van der Waals surface area (Å²) in [6.07, 6.45) is 7.20. The Morgan fingerprint density at radius 1 is 1.17 bits per heavy atom. The van der Waals surface area contributed by atoms with Gasteiger partial charge in [0.15, 0.2) is 10.9 Å². The highest BCUT2D eigenvalue weighted by atomic mass is 32.2. The number of benzene rings is 1. The van der Waals surface area contributed by atoms with Gasteiger partial charge in [0.2, 0.25) is 5.91 Å². The minimum absolute atomic E-state index is 0.0379. The molecule has 9 heteroatoms. The molecule has 2 amide bonds. The number of aromatic nitrogens is 2. The van der Waals surface area contributed by atoms with E-state index in [1.807, 2.05) is 30.1 Å². The van der Waals surface area contributed by atoms with Crippen molar-refractivity contribution in [3.05, 3.63) is 72.4 Å². The molecule has 8 nitrogen and oxygen atoms in total. The lowest BCUT2D eigenvalue weighted by Crippen LogP contribution is -2.48. The minimum atomic E-state index is -0.138. The maximum absolute atomic E-state index is 13.1. The Hall–Kier alpha value is -3.33. The maximum atomic E-state index is 13.1. The lowest BCUT2D eigenvalue weighted by molar-refractivity contribution is -0.130. The molecule has 3 aromatic rings. The highest BCUT2D eigenvalue weighted by molar-refractivity contribution is 7.99. The van der Waals surface area contributed by atoms with Gasteiger partial charge in [-0.2, -0.15) is 0 Å². The molecule has 0 spiro atoms. The van der Waals surface area contributed by atoms with Crippen molar-refractivity contribution >= 4 is 23.6 Å². The molecule has 184 valence electrons. The smallest absolute Gasteiger partial charge is 0.289 e. The molecular weight excluding hydrogens is 464 g/mol. The van der Waals surface area contributed by atoms with Crippen LogP contribution in [0.15, 0.2) is 70.7 Å². The summed E-state index contributed by atoms with van der Waals surface area (Å²) in [5, 5.41) is 0.604. The van der Waals surface area contributed by atoms with Crippen molar-refractivity contribution in [1.82, 2.24) is 19.8 Å². The fourth-order valence-electron chi connectivity index (χ4n) is 4.50. The number of hydrogen-bond donors (Lipinski definition) is 0. The number of carbonyl (C=O) groups excluding carboxylic acids is 2. The summed E-state index contributed by atoms with van der Waals surface area (Å²) in [6.45, 7) is 1.33. The molecule has 35 heavy (non-hydrogen) atoms. The number of amides is 2. The van der Waals surface area contributed by atoms with E-state index >= 15 is 0 Å². The van der Waals surface area contributed by atoms with Gasteiger partial charge < -0.3 is 19.0 Å². The number of methoxy groups -OCH3 is 1. The number of nitrogens with zero attached hydrogens (tertiary/aromatic N) is 4. The molecule has 0 aliphatic carbocycles. The number of furan rings is 1. The Labute approximate surface area is 209 Å². The lowest BCUT2D eigenvalue weighted by atomic mass is 9.84. The predicted molar refractivity (Wildman–Crippen MR) is 133 cm³/mol. The van der Waals surface area contributed by atoms with Gasteiger partial charge >= 0.3 is 0 Å². The summed E-state index contributed by atoms with van der Waals surface area (Å²) in [5.41, 5.74) is 1.10. The predicted octanol–water partition coefficient (Wildman–Crippen LogP) is 3.79. The molecular formula is C26H30N4O4S. The Morgan fingerprint density at radius 2 is 1.94 bits per heavy atom. The molecule has 0 radical (unpaired) electrons. The van der Waals surface area contributed by atoms with Crippen molar-refractivity contribution in [2.75, 3.05) is 33.0 Å². The molecule has 2 aromatic heterocycles. The molecule has 3 heterocycles. The normalized spacial score (nSPS) is 15.0. The molecule has 0 N–H and O–H groups in total. The van der Waals surface area contributed by atoms with Crippen molar-refractivity contribution in [2.24, 2.45) is 5.92 Å². The Bertz CT molecular complexity index is 1100. The van der Waals surface area contributed by atoms with E-state index in [2.05, 4.69) is 16.0 Å². The third kappa shape index (κ3) is 6.42. The van der Waals surface area contributed by atoms with Gasteiger partial charge in [0.25, 0.3) is 5.91 Å². The SMILES string of the molecule is COc1cccc(CC(C2CCN(C(=O)CSc3ncccn3)CC2)N(C)C(=O)c2ccco2)c1. The van der Waals surface area contributed by atoms with Crippen molar-refractivity contribution in [2.45, 2.75) is 30.5 Å². The summed E-state index contributed by atoms with van der Waals surface area (Å²) in [6, 6.07) is 13.1. The molecule has 1 aliphatic heterocycles.